The molecule has 2 amide bonds. The van der Waals surface area contributed by atoms with Crippen LogP contribution >= 0.6 is 15.9 Å². The molecule has 174 valence electrons. The quantitative estimate of drug-likeness (QED) is 0.434. The Balaban J connectivity index is 1.59. The first-order valence-corrected chi connectivity index (χ1v) is 12.1. The molecule has 2 atom stereocenters. The molecule has 0 radical (unpaired) electrons. The maximum absolute atomic E-state index is 13.4. The van der Waals surface area contributed by atoms with Gasteiger partial charge in [-0.15, -0.1) is 0 Å². The number of nitrogens with one attached hydrogen (secondary N) is 2. The second kappa shape index (κ2) is 9.95. The van der Waals surface area contributed by atoms with Crippen molar-refractivity contribution in [3.05, 3.63) is 52.9 Å². The molecule has 0 spiro atoms. The summed E-state index contributed by atoms with van der Waals surface area (Å²) >= 11 is 3.52. The number of nitrogens with zero attached hydrogens (tertiary/aromatic N) is 2. The van der Waals surface area contributed by atoms with Crippen molar-refractivity contribution >= 4 is 38.7 Å². The van der Waals surface area contributed by atoms with Gasteiger partial charge in [-0.05, 0) is 55.7 Å². The summed E-state index contributed by atoms with van der Waals surface area (Å²) < 4.78 is 5.76. The zero-order valence-corrected chi connectivity index (χ0v) is 20.7. The summed E-state index contributed by atoms with van der Waals surface area (Å²) in [5.74, 6) is 0.429. The van der Waals surface area contributed by atoms with Crippen LogP contribution in [0.25, 0.3) is 22.0 Å². The molecule has 33 heavy (non-hydrogen) atoms. The van der Waals surface area contributed by atoms with Crippen molar-refractivity contribution in [2.45, 2.75) is 51.5 Å². The lowest BCUT2D eigenvalue weighted by molar-refractivity contribution is -0.142. The number of ether oxygens (including phenoxy) is 1. The number of H-pyrrole nitrogens is 1. The van der Waals surface area contributed by atoms with E-state index in [-0.39, 0.29) is 23.8 Å². The van der Waals surface area contributed by atoms with Gasteiger partial charge in [-0.2, -0.15) is 0 Å². The standard InChI is InChI=1S/C25H29BrN4O3/c1-15(2)30(29-25(32)33-3)24(31)21-7-5-4-6-20(21)23-27-14-22(28-23)18-9-8-17-13-19(26)11-10-16(17)12-18/h8-15,20-21H,4-7H2,1-3H3,(H,27,28)(H,29,32). The monoisotopic (exact) mass is 512 g/mol. The minimum Gasteiger partial charge on any atom is -0.452 e. The van der Waals surface area contributed by atoms with E-state index in [2.05, 4.69) is 61.7 Å². The molecule has 1 aliphatic carbocycles. The van der Waals surface area contributed by atoms with Crippen molar-refractivity contribution in [2.24, 2.45) is 5.92 Å². The number of aromatic nitrogens is 2. The summed E-state index contributed by atoms with van der Waals surface area (Å²) in [6.07, 6.45) is 4.86. The van der Waals surface area contributed by atoms with Gasteiger partial charge in [0.25, 0.3) is 0 Å². The Bertz CT molecular complexity index is 1160. The molecule has 1 saturated carbocycles. The number of carbonyl (C=O) groups excluding carboxylic acids is 2. The molecule has 7 nitrogen and oxygen atoms in total. The van der Waals surface area contributed by atoms with Crippen molar-refractivity contribution < 1.29 is 14.3 Å². The van der Waals surface area contributed by atoms with Gasteiger partial charge in [0.1, 0.15) is 5.82 Å². The summed E-state index contributed by atoms with van der Waals surface area (Å²) in [5, 5.41) is 3.71. The maximum atomic E-state index is 13.4. The van der Waals surface area contributed by atoms with Gasteiger partial charge in [-0.1, -0.05) is 47.0 Å². The molecule has 2 N–H and O–H groups in total. The molecular weight excluding hydrogens is 484 g/mol. The van der Waals surface area contributed by atoms with E-state index in [4.69, 9.17) is 4.74 Å². The minimum atomic E-state index is -0.645. The number of benzene rings is 2. The molecule has 1 heterocycles. The Morgan fingerprint density at radius 2 is 1.88 bits per heavy atom. The van der Waals surface area contributed by atoms with Gasteiger partial charge in [0.15, 0.2) is 0 Å². The Kier molecular flexibility index (Phi) is 7.02. The van der Waals surface area contributed by atoms with Crippen LogP contribution in [0.1, 0.15) is 51.3 Å². The summed E-state index contributed by atoms with van der Waals surface area (Å²) in [5.41, 5.74) is 4.56. The van der Waals surface area contributed by atoms with Crippen molar-refractivity contribution in [3.8, 4) is 11.3 Å². The van der Waals surface area contributed by atoms with Gasteiger partial charge in [-0.3, -0.25) is 4.79 Å². The first-order chi connectivity index (χ1) is 15.9. The highest BCUT2D eigenvalue weighted by Gasteiger charge is 2.37. The van der Waals surface area contributed by atoms with E-state index in [9.17, 15) is 9.59 Å². The van der Waals surface area contributed by atoms with Gasteiger partial charge < -0.3 is 9.72 Å². The first-order valence-electron chi connectivity index (χ1n) is 11.3. The number of methoxy groups -OCH3 is 1. The van der Waals surface area contributed by atoms with Crippen molar-refractivity contribution in [3.63, 3.8) is 0 Å². The molecule has 8 heteroatoms. The topological polar surface area (TPSA) is 87.3 Å². The third-order valence-corrected chi connectivity index (χ3v) is 6.79. The van der Waals surface area contributed by atoms with E-state index in [1.165, 1.54) is 12.1 Å². The molecule has 0 aliphatic heterocycles. The molecule has 1 aromatic heterocycles. The van der Waals surface area contributed by atoms with E-state index in [1.807, 2.05) is 26.1 Å². The molecule has 1 aliphatic rings. The number of hydrogen-bond donors (Lipinski definition) is 2. The molecular formula is C25H29BrN4O3. The summed E-state index contributed by atoms with van der Waals surface area (Å²) in [7, 11) is 1.29. The van der Waals surface area contributed by atoms with Crippen LogP contribution in [0.15, 0.2) is 47.1 Å². The maximum Gasteiger partial charge on any atom is 0.425 e. The smallest absolute Gasteiger partial charge is 0.425 e. The average molecular weight is 513 g/mol. The fourth-order valence-electron chi connectivity index (χ4n) is 4.57. The Labute approximate surface area is 202 Å². The van der Waals surface area contributed by atoms with Crippen LogP contribution in [0.5, 0.6) is 0 Å². The third kappa shape index (κ3) is 5.05. The lowest BCUT2D eigenvalue weighted by Gasteiger charge is -2.35. The zero-order chi connectivity index (χ0) is 23.5. The second-order valence-electron chi connectivity index (χ2n) is 8.79. The van der Waals surface area contributed by atoms with Gasteiger partial charge in [0, 0.05) is 27.9 Å². The van der Waals surface area contributed by atoms with Crippen LogP contribution in [0.2, 0.25) is 0 Å². The van der Waals surface area contributed by atoms with Crippen LogP contribution in [-0.2, 0) is 9.53 Å². The van der Waals surface area contributed by atoms with Gasteiger partial charge in [0.05, 0.1) is 19.0 Å². The predicted octanol–water partition coefficient (Wildman–Crippen LogP) is 5.77. The minimum absolute atomic E-state index is 0.0305. The first kappa shape index (κ1) is 23.3. The van der Waals surface area contributed by atoms with Gasteiger partial charge in [-0.25, -0.2) is 20.2 Å². The number of amides is 2. The number of carbonyl (C=O) groups is 2. The fourth-order valence-corrected chi connectivity index (χ4v) is 4.95. The SMILES string of the molecule is COC(=O)NN(C(=O)C1CCCCC1c1ncc(-c2ccc3cc(Br)ccc3c2)[nH]1)C(C)C. The molecule has 1 fully saturated rings. The highest BCUT2D eigenvalue weighted by molar-refractivity contribution is 9.10. The number of hydrazine groups is 1. The number of hydrogen-bond acceptors (Lipinski definition) is 4. The van der Waals surface area contributed by atoms with E-state index in [0.29, 0.717) is 0 Å². The summed E-state index contributed by atoms with van der Waals surface area (Å²) in [6, 6.07) is 12.3. The number of imidazole rings is 1. The Hall–Kier alpha value is -2.87. The normalized spacial score (nSPS) is 18.3. The van der Waals surface area contributed by atoms with E-state index >= 15 is 0 Å². The molecule has 2 aromatic carbocycles. The van der Waals surface area contributed by atoms with Crippen LogP contribution in [0, 0.1) is 5.92 Å². The van der Waals surface area contributed by atoms with Crippen molar-refractivity contribution in [1.82, 2.24) is 20.4 Å². The van der Waals surface area contributed by atoms with Crippen LogP contribution < -0.4 is 5.43 Å². The average Bonchev–Trinajstić information content (AvgIpc) is 3.31. The lowest BCUT2D eigenvalue weighted by atomic mass is 9.78. The van der Waals surface area contributed by atoms with Gasteiger partial charge in [0.2, 0.25) is 5.91 Å². The van der Waals surface area contributed by atoms with E-state index in [1.54, 1.807) is 0 Å². The number of halogens is 1. The number of fused-ring (bicyclic) bond motifs is 1. The van der Waals surface area contributed by atoms with E-state index < -0.39 is 6.09 Å². The summed E-state index contributed by atoms with van der Waals surface area (Å²) in [6.45, 7) is 3.74. The van der Waals surface area contributed by atoms with Crippen LogP contribution in [-0.4, -0.2) is 40.1 Å². The van der Waals surface area contributed by atoms with Crippen molar-refractivity contribution in [1.29, 1.82) is 0 Å². The second-order valence-corrected chi connectivity index (χ2v) is 9.71. The molecule has 2 unspecified atom stereocenters. The Morgan fingerprint density at radius 3 is 2.64 bits per heavy atom. The molecule has 0 saturated heterocycles. The van der Waals surface area contributed by atoms with Crippen LogP contribution in [0.4, 0.5) is 4.79 Å². The Morgan fingerprint density at radius 1 is 1.15 bits per heavy atom. The van der Waals surface area contributed by atoms with E-state index in [0.717, 1.165) is 58.0 Å². The number of rotatable bonds is 4. The predicted molar refractivity (Wildman–Crippen MR) is 131 cm³/mol. The van der Waals surface area contributed by atoms with Crippen LogP contribution in [0.3, 0.4) is 0 Å². The molecule has 4 rings (SSSR count). The van der Waals surface area contributed by atoms with Gasteiger partial charge >= 0.3 is 6.09 Å². The fraction of sp³-hybridized carbons (Fsp3) is 0.400. The highest BCUT2D eigenvalue weighted by atomic mass is 79.9. The van der Waals surface area contributed by atoms with Crippen molar-refractivity contribution in [2.75, 3.05) is 7.11 Å². The number of aromatic amines is 1. The molecule has 3 aromatic rings. The molecule has 0 bridgehead atoms. The summed E-state index contributed by atoms with van der Waals surface area (Å²) in [4.78, 5) is 33.4. The lowest BCUT2D eigenvalue weighted by Crippen LogP contribution is -2.53. The largest absolute Gasteiger partial charge is 0.452 e. The third-order valence-electron chi connectivity index (χ3n) is 6.29. The zero-order valence-electron chi connectivity index (χ0n) is 19.1. The highest BCUT2D eigenvalue weighted by Crippen LogP contribution is 2.38.